The van der Waals surface area contributed by atoms with E-state index in [1.165, 1.54) is 0 Å². The maximum Gasteiger partial charge on any atom is 0.140 e. The predicted octanol–water partition coefficient (Wildman–Crippen LogP) is 2.95. The zero-order chi connectivity index (χ0) is 15.5. The number of methoxy groups -OCH3 is 1. The molecule has 0 amide bonds. The number of aliphatic hydroxyl groups is 1. The number of H-pyrrole nitrogens is 1. The average Bonchev–Trinajstić information content (AvgIpc) is 3.00. The third-order valence-electron chi connectivity index (χ3n) is 3.65. The van der Waals surface area contributed by atoms with Crippen molar-refractivity contribution in [3.05, 3.63) is 42.1 Å². The Morgan fingerprint density at radius 3 is 2.86 bits per heavy atom. The predicted molar refractivity (Wildman–Crippen MR) is 88.4 cm³/mol. The highest BCUT2D eigenvalue weighted by molar-refractivity contribution is 5.94. The van der Waals surface area contributed by atoms with E-state index in [2.05, 4.69) is 21.4 Å². The molecule has 22 heavy (non-hydrogen) atoms. The van der Waals surface area contributed by atoms with Crippen molar-refractivity contribution in [2.75, 3.05) is 25.6 Å². The molecule has 0 fully saturated rings. The molecular weight excluding hydrogens is 278 g/mol. The largest absolute Gasteiger partial charge is 0.496 e. The van der Waals surface area contributed by atoms with E-state index >= 15 is 0 Å². The van der Waals surface area contributed by atoms with Crippen LogP contribution < -0.4 is 10.1 Å². The quantitative estimate of drug-likeness (QED) is 0.677. The number of hydrogen-bond acceptors (Lipinski definition) is 4. The number of anilines is 1. The molecule has 2 aromatic heterocycles. The number of fused-ring (bicyclic) bond motifs is 1. The highest BCUT2D eigenvalue weighted by Gasteiger charge is 2.10. The number of aromatic nitrogens is 2. The number of hydrogen-bond donors (Lipinski definition) is 3. The van der Waals surface area contributed by atoms with Gasteiger partial charge in [-0.25, -0.2) is 4.98 Å². The van der Waals surface area contributed by atoms with Crippen molar-refractivity contribution in [2.45, 2.75) is 6.92 Å². The molecule has 5 heteroatoms. The fraction of sp³-hybridized carbons (Fsp3) is 0.235. The first kappa shape index (κ1) is 14.4. The van der Waals surface area contributed by atoms with Gasteiger partial charge in [0, 0.05) is 18.1 Å². The first-order chi connectivity index (χ1) is 10.7. The third-order valence-corrected chi connectivity index (χ3v) is 3.65. The molecule has 3 rings (SSSR count). The highest BCUT2D eigenvalue weighted by atomic mass is 16.5. The van der Waals surface area contributed by atoms with Crippen molar-refractivity contribution in [3.8, 4) is 16.9 Å². The molecule has 5 nitrogen and oxygen atoms in total. The monoisotopic (exact) mass is 297 g/mol. The van der Waals surface area contributed by atoms with E-state index < -0.39 is 0 Å². The summed E-state index contributed by atoms with van der Waals surface area (Å²) in [5, 5.41) is 13.2. The normalized spacial score (nSPS) is 10.9. The summed E-state index contributed by atoms with van der Waals surface area (Å²) >= 11 is 0. The first-order valence-corrected chi connectivity index (χ1v) is 7.21. The molecule has 2 heterocycles. The number of benzene rings is 1. The number of aromatic amines is 1. The lowest BCUT2D eigenvalue weighted by atomic mass is 10.0. The summed E-state index contributed by atoms with van der Waals surface area (Å²) in [6.45, 7) is 2.57. The summed E-state index contributed by atoms with van der Waals surface area (Å²) in [7, 11) is 1.68. The molecule has 0 aliphatic rings. The van der Waals surface area contributed by atoms with Crippen LogP contribution in [0.4, 0.5) is 5.82 Å². The summed E-state index contributed by atoms with van der Waals surface area (Å²) in [5.74, 6) is 1.62. The number of pyridine rings is 1. The zero-order valence-corrected chi connectivity index (χ0v) is 12.7. The molecule has 0 saturated heterocycles. The molecule has 3 aromatic rings. The second-order valence-electron chi connectivity index (χ2n) is 5.13. The van der Waals surface area contributed by atoms with Gasteiger partial charge in [0.2, 0.25) is 0 Å². The number of rotatable bonds is 5. The Morgan fingerprint density at radius 1 is 1.27 bits per heavy atom. The van der Waals surface area contributed by atoms with Crippen LogP contribution in [-0.4, -0.2) is 35.3 Å². The summed E-state index contributed by atoms with van der Waals surface area (Å²) in [6, 6.07) is 10.2. The standard InChI is InChI=1S/C17H19N3O2/c1-11-9-12(3-4-15(11)22-2)14-10-16(18-7-8-21)20-17-13(14)5-6-19-17/h3-6,9-10,21H,7-8H2,1-2H3,(H2,18,19,20). The number of nitrogens with zero attached hydrogens (tertiary/aromatic N) is 1. The highest BCUT2D eigenvalue weighted by Crippen LogP contribution is 2.32. The van der Waals surface area contributed by atoms with Crippen LogP contribution >= 0.6 is 0 Å². The van der Waals surface area contributed by atoms with Gasteiger partial charge in [0.05, 0.1) is 13.7 Å². The Kier molecular flexibility index (Phi) is 3.98. The lowest BCUT2D eigenvalue weighted by molar-refractivity contribution is 0.311. The molecular formula is C17H19N3O2. The molecule has 0 atom stereocenters. The molecule has 0 saturated carbocycles. The van der Waals surface area contributed by atoms with Gasteiger partial charge < -0.3 is 20.1 Å². The van der Waals surface area contributed by atoms with Crippen LogP contribution in [0.2, 0.25) is 0 Å². The Balaban J connectivity index is 2.11. The van der Waals surface area contributed by atoms with Crippen molar-refractivity contribution in [2.24, 2.45) is 0 Å². The van der Waals surface area contributed by atoms with Crippen LogP contribution in [0.25, 0.3) is 22.2 Å². The first-order valence-electron chi connectivity index (χ1n) is 7.21. The van der Waals surface area contributed by atoms with Crippen LogP contribution in [0.15, 0.2) is 36.5 Å². The fourth-order valence-corrected chi connectivity index (χ4v) is 2.60. The molecule has 1 aromatic carbocycles. The SMILES string of the molecule is COc1ccc(-c2cc(NCCO)nc3[nH]ccc23)cc1C. The smallest absolute Gasteiger partial charge is 0.140 e. The Morgan fingerprint density at radius 2 is 2.14 bits per heavy atom. The number of ether oxygens (including phenoxy) is 1. The van der Waals surface area contributed by atoms with Crippen molar-refractivity contribution < 1.29 is 9.84 Å². The van der Waals surface area contributed by atoms with E-state index in [4.69, 9.17) is 9.84 Å². The van der Waals surface area contributed by atoms with E-state index in [0.717, 1.165) is 39.3 Å². The van der Waals surface area contributed by atoms with Crippen molar-refractivity contribution in [3.63, 3.8) is 0 Å². The Labute approximate surface area is 129 Å². The minimum absolute atomic E-state index is 0.0709. The molecule has 0 aliphatic carbocycles. The summed E-state index contributed by atoms with van der Waals surface area (Å²) < 4.78 is 5.33. The molecule has 0 unspecified atom stereocenters. The van der Waals surface area contributed by atoms with Gasteiger partial charge in [0.25, 0.3) is 0 Å². The maximum atomic E-state index is 8.97. The van der Waals surface area contributed by atoms with Gasteiger partial charge >= 0.3 is 0 Å². The molecule has 0 spiro atoms. The minimum Gasteiger partial charge on any atom is -0.496 e. The van der Waals surface area contributed by atoms with E-state index in [1.54, 1.807) is 7.11 Å². The second-order valence-corrected chi connectivity index (χ2v) is 5.13. The molecule has 114 valence electrons. The Bertz CT molecular complexity index is 796. The lowest BCUT2D eigenvalue weighted by Gasteiger charge is -2.11. The second kappa shape index (κ2) is 6.07. The molecule has 0 bridgehead atoms. The van der Waals surface area contributed by atoms with Gasteiger partial charge in [0.15, 0.2) is 0 Å². The summed E-state index contributed by atoms with van der Waals surface area (Å²) in [6.07, 6.45) is 1.88. The number of aryl methyl sites for hydroxylation is 1. The van der Waals surface area contributed by atoms with Gasteiger partial charge in [-0.05, 0) is 47.9 Å². The maximum absolute atomic E-state index is 8.97. The van der Waals surface area contributed by atoms with Crippen LogP contribution in [0, 0.1) is 6.92 Å². The van der Waals surface area contributed by atoms with Crippen molar-refractivity contribution in [1.29, 1.82) is 0 Å². The topological polar surface area (TPSA) is 70.2 Å². The van der Waals surface area contributed by atoms with Gasteiger partial charge in [0.1, 0.15) is 17.2 Å². The van der Waals surface area contributed by atoms with Gasteiger partial charge in [-0.3, -0.25) is 0 Å². The lowest BCUT2D eigenvalue weighted by Crippen LogP contribution is -2.07. The molecule has 0 radical (unpaired) electrons. The average molecular weight is 297 g/mol. The fourth-order valence-electron chi connectivity index (χ4n) is 2.60. The van der Waals surface area contributed by atoms with Crippen molar-refractivity contribution in [1.82, 2.24) is 9.97 Å². The van der Waals surface area contributed by atoms with Gasteiger partial charge in [-0.2, -0.15) is 0 Å². The number of aliphatic hydroxyl groups excluding tert-OH is 1. The van der Waals surface area contributed by atoms with E-state index in [0.29, 0.717) is 6.54 Å². The Hall–Kier alpha value is -2.53. The van der Waals surface area contributed by atoms with Gasteiger partial charge in [-0.1, -0.05) is 6.07 Å². The summed E-state index contributed by atoms with van der Waals surface area (Å²) in [4.78, 5) is 7.66. The van der Waals surface area contributed by atoms with E-state index in [1.807, 2.05) is 37.4 Å². The van der Waals surface area contributed by atoms with Crippen LogP contribution in [-0.2, 0) is 0 Å². The van der Waals surface area contributed by atoms with Crippen molar-refractivity contribution >= 4 is 16.9 Å². The van der Waals surface area contributed by atoms with E-state index in [-0.39, 0.29) is 6.61 Å². The van der Waals surface area contributed by atoms with Crippen LogP contribution in [0.1, 0.15) is 5.56 Å². The zero-order valence-electron chi connectivity index (χ0n) is 12.7. The minimum atomic E-state index is 0.0709. The van der Waals surface area contributed by atoms with Gasteiger partial charge in [-0.15, -0.1) is 0 Å². The third kappa shape index (κ3) is 2.63. The van der Waals surface area contributed by atoms with Crippen LogP contribution in [0.5, 0.6) is 5.75 Å². The summed E-state index contributed by atoms with van der Waals surface area (Å²) in [5.41, 5.74) is 4.12. The van der Waals surface area contributed by atoms with E-state index in [9.17, 15) is 0 Å². The molecule has 3 N–H and O–H groups in total. The van der Waals surface area contributed by atoms with Crippen LogP contribution in [0.3, 0.4) is 0 Å². The molecule has 0 aliphatic heterocycles. The number of nitrogens with one attached hydrogen (secondary N) is 2.